The van der Waals surface area contributed by atoms with Crippen LogP contribution in [0, 0.1) is 0 Å². The summed E-state index contributed by atoms with van der Waals surface area (Å²) < 4.78 is 2.58. The zero-order valence-corrected chi connectivity index (χ0v) is 59.2. The van der Waals surface area contributed by atoms with E-state index < -0.39 is 16.2 Å². The zero-order chi connectivity index (χ0) is 70.7. The molecule has 2 aliphatic heterocycles. The van der Waals surface area contributed by atoms with Crippen LogP contribution in [0.2, 0.25) is 0 Å². The molecular formula is C105H62BN3. The lowest BCUT2D eigenvalue weighted by Crippen LogP contribution is -2.61. The summed E-state index contributed by atoms with van der Waals surface area (Å²) in [6.07, 6.45) is 0. The summed E-state index contributed by atoms with van der Waals surface area (Å²) in [4.78, 5) is 5.52. The fraction of sp³-hybridized carbons (Fsp3) is 0.0286. The summed E-state index contributed by atoms with van der Waals surface area (Å²) in [5.41, 5.74) is 45.8. The Hall–Kier alpha value is -13.8. The number of benzene rings is 17. The lowest BCUT2D eigenvalue weighted by molar-refractivity contribution is 0.793. The number of para-hydroxylation sites is 2. The summed E-state index contributed by atoms with van der Waals surface area (Å²) in [7, 11) is 0. The van der Waals surface area contributed by atoms with Crippen molar-refractivity contribution >= 4 is 79.0 Å². The Bertz CT molecular complexity index is 6960. The fourth-order valence-corrected chi connectivity index (χ4v) is 22.8. The molecule has 0 atom stereocenters. The molecule has 3 heterocycles. The van der Waals surface area contributed by atoms with Crippen molar-refractivity contribution in [3.63, 3.8) is 0 Å². The minimum Gasteiger partial charge on any atom is -0.311 e. The van der Waals surface area contributed by atoms with Crippen LogP contribution in [-0.2, 0) is 16.2 Å². The minimum absolute atomic E-state index is 0.281. The Morgan fingerprint density at radius 2 is 0.587 bits per heavy atom. The van der Waals surface area contributed by atoms with Crippen LogP contribution in [0.25, 0.3) is 105 Å². The van der Waals surface area contributed by atoms with Crippen molar-refractivity contribution in [2.75, 3.05) is 9.80 Å². The predicted molar refractivity (Wildman–Crippen MR) is 449 cm³/mol. The van der Waals surface area contributed by atoms with E-state index in [0.29, 0.717) is 0 Å². The molecule has 4 heteroatoms. The molecule has 109 heavy (non-hydrogen) atoms. The normalized spacial score (nSPS) is 15.0. The van der Waals surface area contributed by atoms with Gasteiger partial charge in [0.05, 0.1) is 38.7 Å². The van der Waals surface area contributed by atoms with Gasteiger partial charge in [0, 0.05) is 50.3 Å². The number of hydrogen-bond acceptors (Lipinski definition) is 2. The van der Waals surface area contributed by atoms with Crippen LogP contribution in [0.5, 0.6) is 0 Å². The number of aromatic nitrogens is 1. The van der Waals surface area contributed by atoms with Gasteiger partial charge in [-0.15, -0.1) is 0 Å². The molecule has 0 amide bonds. The Morgan fingerprint density at radius 3 is 1.08 bits per heavy atom. The summed E-state index contributed by atoms with van der Waals surface area (Å²) >= 11 is 0. The summed E-state index contributed by atoms with van der Waals surface area (Å²) in [5.74, 6) is 0. The van der Waals surface area contributed by atoms with Gasteiger partial charge in [-0.2, -0.15) is 0 Å². The van der Waals surface area contributed by atoms with Gasteiger partial charge in [-0.25, -0.2) is 0 Å². The molecule has 18 aromatic rings. The molecule has 8 aliphatic rings. The molecule has 0 unspecified atom stereocenters. The summed E-state index contributed by atoms with van der Waals surface area (Å²) in [6.45, 7) is -0.281. The average molecular weight is 1380 g/mol. The first kappa shape index (κ1) is 58.5. The Morgan fingerprint density at radius 1 is 0.211 bits per heavy atom. The lowest BCUT2D eigenvalue weighted by Gasteiger charge is -2.46. The minimum atomic E-state index is -0.636. The van der Waals surface area contributed by atoms with E-state index in [1.54, 1.807) is 0 Å². The van der Waals surface area contributed by atoms with Crippen LogP contribution in [0.3, 0.4) is 0 Å². The van der Waals surface area contributed by atoms with Gasteiger partial charge in [-0.05, 0) is 198 Å². The molecule has 500 valence electrons. The van der Waals surface area contributed by atoms with Crippen molar-refractivity contribution in [1.29, 1.82) is 0 Å². The SMILES string of the molecule is c1ccc(-c2ccc(N3c4cc(-n5c6ccccc6c6ccccc65)cc5c4B(c4cc6c(cc4N5c4cccc5c4-c4ccccc4C54c5ccccc5-c5ccccc54)C4(c5ccccc5-c5ccccc54)c4ccccc4-6)c4ccc5c(c43)-c3ccccc3C53c4ccccc4-c4ccccc43)cc2)cc1. The van der Waals surface area contributed by atoms with Gasteiger partial charge in [0.25, 0.3) is 6.71 Å². The highest BCUT2D eigenvalue weighted by Crippen LogP contribution is 2.69. The largest absolute Gasteiger partial charge is 0.311 e. The molecule has 0 saturated carbocycles. The molecule has 0 saturated heterocycles. The number of hydrogen-bond donors (Lipinski definition) is 0. The first-order valence-corrected chi connectivity index (χ1v) is 38.4. The molecule has 26 rings (SSSR count). The van der Waals surface area contributed by atoms with Crippen molar-refractivity contribution < 1.29 is 0 Å². The van der Waals surface area contributed by atoms with Crippen molar-refractivity contribution in [2.24, 2.45) is 0 Å². The van der Waals surface area contributed by atoms with Crippen molar-refractivity contribution in [2.45, 2.75) is 16.2 Å². The number of anilines is 6. The fourth-order valence-electron chi connectivity index (χ4n) is 22.8. The van der Waals surface area contributed by atoms with Gasteiger partial charge < -0.3 is 14.4 Å². The number of fused-ring (bicyclic) bond motifs is 38. The second-order valence-electron chi connectivity index (χ2n) is 31.0. The van der Waals surface area contributed by atoms with E-state index in [1.165, 1.54) is 183 Å². The summed E-state index contributed by atoms with van der Waals surface area (Å²) in [6, 6.07) is 146. The third-order valence-corrected chi connectivity index (χ3v) is 26.6. The second-order valence-corrected chi connectivity index (χ2v) is 31.0. The van der Waals surface area contributed by atoms with Gasteiger partial charge in [-0.3, -0.25) is 0 Å². The van der Waals surface area contributed by atoms with E-state index in [9.17, 15) is 0 Å². The first-order chi connectivity index (χ1) is 54.1. The topological polar surface area (TPSA) is 11.4 Å². The molecule has 0 N–H and O–H groups in total. The average Bonchev–Trinajstić information content (AvgIpc) is 1.52. The second kappa shape index (κ2) is 20.8. The molecule has 3 nitrogen and oxygen atoms in total. The highest BCUT2D eigenvalue weighted by Gasteiger charge is 2.58. The maximum Gasteiger partial charge on any atom is 0.252 e. The Labute approximate surface area is 631 Å². The molecule has 17 aromatic carbocycles. The van der Waals surface area contributed by atoms with Crippen LogP contribution in [0.1, 0.15) is 66.8 Å². The molecule has 0 bridgehead atoms. The third kappa shape index (κ3) is 6.92. The van der Waals surface area contributed by atoms with Crippen molar-refractivity contribution in [3.8, 4) is 83.6 Å². The monoisotopic (exact) mass is 1380 g/mol. The maximum absolute atomic E-state index is 2.79. The van der Waals surface area contributed by atoms with Gasteiger partial charge in [0.15, 0.2) is 0 Å². The number of nitrogens with zero attached hydrogens (tertiary/aromatic N) is 3. The van der Waals surface area contributed by atoms with E-state index in [-0.39, 0.29) is 6.71 Å². The maximum atomic E-state index is 2.79. The molecular weight excluding hydrogens is 1310 g/mol. The molecule has 0 fully saturated rings. The van der Waals surface area contributed by atoms with E-state index in [0.717, 1.165) is 39.5 Å². The zero-order valence-electron chi connectivity index (χ0n) is 59.2. The van der Waals surface area contributed by atoms with Crippen LogP contribution < -0.4 is 26.2 Å². The van der Waals surface area contributed by atoms with E-state index in [4.69, 9.17) is 0 Å². The standard InChI is InChI=1S/C105H62BN3/c1-2-27-63(28-3-1)64-53-55-65(56-54-64)108-97-59-66(107-93-50-24-13-36-74(93)75-37-14-25-51-94(75)107)60-98-101(97)106(91-58-57-89-100(102(91)108)77-39-12-23-48-87(77)104(89)81-42-17-6-31-69(81)70-32-7-18-43-82(70)104)92-61-78-73-35-10-21-46-85(73)105(83-44-19-8-33-71(83)72-34-9-20-45-84(72)105)90(78)62-96(92)109(98)95-52-26-49-88-99(95)76-38-11-22-47-86(76)103(88)79-40-15-4-29-67(79)68-30-5-16-41-80(68)103/h1-62H. The Kier molecular flexibility index (Phi) is 11.2. The molecule has 3 spiro atoms. The smallest absolute Gasteiger partial charge is 0.252 e. The van der Waals surface area contributed by atoms with E-state index in [1.807, 2.05) is 0 Å². The van der Waals surface area contributed by atoms with Crippen LogP contribution in [0.4, 0.5) is 34.1 Å². The van der Waals surface area contributed by atoms with Gasteiger partial charge in [0.2, 0.25) is 0 Å². The molecule has 0 radical (unpaired) electrons. The van der Waals surface area contributed by atoms with Gasteiger partial charge in [-0.1, -0.05) is 328 Å². The summed E-state index contributed by atoms with van der Waals surface area (Å²) in [5, 5.41) is 2.44. The van der Waals surface area contributed by atoms with Crippen LogP contribution in [-0.4, -0.2) is 11.3 Å². The predicted octanol–water partition coefficient (Wildman–Crippen LogP) is 23.6. The van der Waals surface area contributed by atoms with E-state index in [2.05, 4.69) is 390 Å². The molecule has 6 aliphatic carbocycles. The van der Waals surface area contributed by atoms with Crippen LogP contribution in [0.15, 0.2) is 376 Å². The van der Waals surface area contributed by atoms with E-state index >= 15 is 0 Å². The highest BCUT2D eigenvalue weighted by molar-refractivity contribution is 7.00. The molecule has 1 aromatic heterocycles. The first-order valence-electron chi connectivity index (χ1n) is 38.4. The van der Waals surface area contributed by atoms with Crippen molar-refractivity contribution in [1.82, 2.24) is 4.57 Å². The third-order valence-electron chi connectivity index (χ3n) is 26.6. The quantitative estimate of drug-likeness (QED) is 0.163. The van der Waals surface area contributed by atoms with Gasteiger partial charge in [0.1, 0.15) is 0 Å². The van der Waals surface area contributed by atoms with Crippen molar-refractivity contribution in [3.05, 3.63) is 443 Å². The highest BCUT2D eigenvalue weighted by atomic mass is 15.2. The Balaban J connectivity index is 0.853. The lowest BCUT2D eigenvalue weighted by atomic mass is 9.33. The van der Waals surface area contributed by atoms with Crippen LogP contribution >= 0.6 is 0 Å². The van der Waals surface area contributed by atoms with Gasteiger partial charge >= 0.3 is 0 Å². The number of rotatable bonds is 4.